The molecular weight excluding hydrogens is 816 g/mol. The Hall–Kier alpha value is -0.960. The molecule has 22 heterocycles. The molecule has 22 aliphatic heterocycles. The molecule has 22 saturated heterocycles. The van der Waals surface area contributed by atoms with Crippen LogP contribution in [0.3, 0.4) is 0 Å². The Balaban J connectivity index is 1.11. The third-order valence-corrected chi connectivity index (χ3v) is 12.0. The molecule has 24 heteroatoms. The molecule has 12 N–H and O–H groups in total. The maximum atomic E-state index is 11.1. The smallest absolute Gasteiger partial charge is 0.184 e. The molecule has 0 spiro atoms. The zero-order valence-electron chi connectivity index (χ0n) is 32.6. The van der Waals surface area contributed by atoms with Crippen molar-refractivity contribution in [3.05, 3.63) is 0 Å². The van der Waals surface area contributed by atoms with Crippen molar-refractivity contribution in [1.82, 2.24) is 0 Å². The maximum Gasteiger partial charge on any atom is 0.184 e. The molecule has 0 aliphatic carbocycles. The normalized spacial score (nSPS) is 52.2. The highest BCUT2D eigenvalue weighted by Crippen LogP contribution is 2.37. The largest absolute Gasteiger partial charge is 0.394 e. The number of hydrogen-bond acceptors (Lipinski definition) is 24. The first kappa shape index (κ1) is 47.0. The van der Waals surface area contributed by atoms with E-state index in [1.807, 2.05) is 0 Å². The van der Waals surface area contributed by atoms with Crippen molar-refractivity contribution >= 4 is 0 Å². The van der Waals surface area contributed by atoms with Crippen molar-refractivity contribution in [1.29, 1.82) is 0 Å². The minimum absolute atomic E-state index is 0.201. The average Bonchev–Trinajstić information content (AvgIpc) is 3.22. The van der Waals surface area contributed by atoms with E-state index in [-0.39, 0.29) is 38.5 Å². The summed E-state index contributed by atoms with van der Waals surface area (Å²) in [5, 5.41) is 128. The molecule has 22 fully saturated rings. The van der Waals surface area contributed by atoms with Crippen LogP contribution in [0.5, 0.6) is 0 Å². The quantitative estimate of drug-likeness (QED) is 0.118. The van der Waals surface area contributed by atoms with Gasteiger partial charge in [-0.3, -0.25) is 0 Å². The van der Waals surface area contributed by atoms with Gasteiger partial charge in [-0.1, -0.05) is 0 Å². The van der Waals surface area contributed by atoms with Crippen LogP contribution in [-0.4, -0.2) is 249 Å². The number of aliphatic hydroxyl groups is 12. The van der Waals surface area contributed by atoms with Crippen LogP contribution in [0.4, 0.5) is 0 Å². The Kier molecular flexibility index (Phi) is 16.4. The summed E-state index contributed by atoms with van der Waals surface area (Å²) in [5.74, 6) is 0. The zero-order valence-corrected chi connectivity index (χ0v) is 32.6. The number of rotatable bonds is 6. The molecule has 0 radical (unpaired) electrons. The minimum Gasteiger partial charge on any atom is -0.394 e. The molecule has 24 nitrogen and oxygen atoms in total. The van der Waals surface area contributed by atoms with E-state index in [0.29, 0.717) is 0 Å². The number of aliphatic hydroxyl groups excluding tert-OH is 12. The van der Waals surface area contributed by atoms with Gasteiger partial charge in [0, 0.05) is 38.5 Å². The van der Waals surface area contributed by atoms with E-state index in [2.05, 4.69) is 0 Å². The Bertz CT molecular complexity index is 1070. The van der Waals surface area contributed by atoms with Crippen LogP contribution in [0.2, 0.25) is 0 Å². The highest BCUT2D eigenvalue weighted by Gasteiger charge is 2.51. The first-order chi connectivity index (χ1) is 28.9. The van der Waals surface area contributed by atoms with E-state index >= 15 is 0 Å². The summed E-state index contributed by atoms with van der Waals surface area (Å²) in [4.78, 5) is 0. The summed E-state index contributed by atoms with van der Waals surface area (Å²) >= 11 is 0. The van der Waals surface area contributed by atoms with Crippen LogP contribution >= 0.6 is 0 Å². The lowest BCUT2D eigenvalue weighted by Gasteiger charge is -2.47. The molecular formula is C36H60O24. The van der Waals surface area contributed by atoms with Crippen molar-refractivity contribution in [2.24, 2.45) is 0 Å². The molecule has 348 valence electrons. The van der Waals surface area contributed by atoms with Crippen molar-refractivity contribution < 1.29 is 118 Å². The molecule has 22 aliphatic rings. The zero-order chi connectivity index (χ0) is 42.8. The lowest BCUT2D eigenvalue weighted by atomic mass is 9.98. The SMILES string of the molecule is OC[C@H]1O[C@@H]2O[C@H]3CC(O)[C@@H](O[C@H]4CC(O)[C@@H](O[C@H]5CC(O)[C@@H](O[C@H]6CC(O)[C@@H](O[C@H]7CC(O)C(OC1CC2O)O[C@@H]7CO)O[C@@H]6CO)O[C@@H]5CO)O[C@@H]4CO)O[C@@H]3CO. The molecule has 0 aromatic carbocycles. The van der Waals surface area contributed by atoms with E-state index in [4.69, 9.17) is 56.8 Å². The van der Waals surface area contributed by atoms with Crippen molar-refractivity contribution in [2.45, 2.75) is 186 Å². The molecule has 0 aromatic heterocycles. The fourth-order valence-electron chi connectivity index (χ4n) is 8.70. The molecule has 22 rings (SSSR count). The fraction of sp³-hybridized carbons (Fsp3) is 1.00. The summed E-state index contributed by atoms with van der Waals surface area (Å²) in [6, 6.07) is 0. The third-order valence-electron chi connectivity index (χ3n) is 12.0. The highest BCUT2D eigenvalue weighted by atomic mass is 16.8. The average molecular weight is 877 g/mol. The Morgan fingerprint density at radius 1 is 0.233 bits per heavy atom. The molecule has 0 aromatic rings. The molecule has 60 heavy (non-hydrogen) atoms. The molecule has 0 saturated carbocycles. The predicted molar refractivity (Wildman–Crippen MR) is 187 cm³/mol. The predicted octanol–water partition coefficient (Wildman–Crippen LogP) is -6.88. The lowest BCUT2D eigenvalue weighted by molar-refractivity contribution is -0.373. The first-order valence-corrected chi connectivity index (χ1v) is 20.5. The molecule has 0 amide bonds. The van der Waals surface area contributed by atoms with Gasteiger partial charge < -0.3 is 118 Å². The summed E-state index contributed by atoms with van der Waals surface area (Å²) in [6.07, 6.45) is -31.3. The van der Waals surface area contributed by atoms with Gasteiger partial charge >= 0.3 is 0 Å². The number of hydrogen-bond donors (Lipinski definition) is 12. The van der Waals surface area contributed by atoms with Crippen LogP contribution < -0.4 is 0 Å². The monoisotopic (exact) mass is 876 g/mol. The molecule has 8 unspecified atom stereocenters. The van der Waals surface area contributed by atoms with Crippen LogP contribution in [0.15, 0.2) is 0 Å². The van der Waals surface area contributed by atoms with Gasteiger partial charge in [0.15, 0.2) is 37.7 Å². The summed E-state index contributed by atoms with van der Waals surface area (Å²) in [7, 11) is 0. The van der Waals surface area contributed by atoms with Gasteiger partial charge in [-0.05, 0) is 0 Å². The minimum atomic E-state index is -1.41. The third kappa shape index (κ3) is 10.4. The summed E-state index contributed by atoms with van der Waals surface area (Å²) < 4.78 is 71.0. The second-order valence-corrected chi connectivity index (χ2v) is 16.2. The van der Waals surface area contributed by atoms with Gasteiger partial charge in [0.25, 0.3) is 0 Å². The topological polar surface area (TPSA) is 354 Å². The Labute approximate surface area is 343 Å². The van der Waals surface area contributed by atoms with Gasteiger partial charge in [-0.2, -0.15) is 0 Å². The Morgan fingerprint density at radius 2 is 0.367 bits per heavy atom. The standard InChI is InChI=1S/C36H60O24/c37-7-25-19-1-13(43)31(55-25)50-20-3-15(45)33(57-26(20)8-38)52-22-5-17(47)35(59-28(22)10-40)54-24-6-18(48)36(60-30(24)12-42)53-23-4-16(46)34(58-29(23)11-41)51-21-2-14(44)32(49-19)56-27(21)9-39/h13-48H,1-12H2/t13?,14?,15?,16?,17?,18?,19-,20-,21-,22-,23-,24?,25+,26+,27+,28+,29+,30+,31-,32-,33-,34-,35?,36-/m0/s1. The van der Waals surface area contributed by atoms with Crippen molar-refractivity contribution in [3.63, 3.8) is 0 Å². The van der Waals surface area contributed by atoms with Crippen LogP contribution in [0.25, 0.3) is 0 Å². The van der Waals surface area contributed by atoms with Gasteiger partial charge in [0.05, 0.1) is 76.3 Å². The number of ether oxygens (including phenoxy) is 12. The van der Waals surface area contributed by atoms with E-state index in [0.717, 1.165) is 0 Å². The highest BCUT2D eigenvalue weighted by molar-refractivity contribution is 4.93. The fourth-order valence-corrected chi connectivity index (χ4v) is 8.70. The van der Waals surface area contributed by atoms with Crippen molar-refractivity contribution in [2.75, 3.05) is 39.6 Å². The van der Waals surface area contributed by atoms with Gasteiger partial charge in [-0.15, -0.1) is 0 Å². The summed E-state index contributed by atoms with van der Waals surface area (Å²) in [5.41, 5.74) is 0. The van der Waals surface area contributed by atoms with E-state index in [9.17, 15) is 61.3 Å². The van der Waals surface area contributed by atoms with Crippen molar-refractivity contribution in [3.8, 4) is 0 Å². The first-order valence-electron chi connectivity index (χ1n) is 20.5. The van der Waals surface area contributed by atoms with Gasteiger partial charge in [0.1, 0.15) is 73.2 Å². The lowest BCUT2D eigenvalue weighted by Crippen LogP contribution is -2.60. The van der Waals surface area contributed by atoms with E-state index < -0.39 is 187 Å². The molecule has 24 atom stereocenters. The Morgan fingerprint density at radius 3 is 0.483 bits per heavy atom. The van der Waals surface area contributed by atoms with Gasteiger partial charge in [-0.25, -0.2) is 0 Å². The van der Waals surface area contributed by atoms with Crippen LogP contribution in [0.1, 0.15) is 38.5 Å². The second kappa shape index (κ2) is 20.9. The van der Waals surface area contributed by atoms with Crippen LogP contribution in [-0.2, 0) is 56.8 Å². The van der Waals surface area contributed by atoms with Gasteiger partial charge in [0.2, 0.25) is 0 Å². The molecule has 12 bridgehead atoms. The van der Waals surface area contributed by atoms with Crippen LogP contribution in [0, 0.1) is 0 Å². The van der Waals surface area contributed by atoms with E-state index in [1.165, 1.54) is 0 Å². The van der Waals surface area contributed by atoms with E-state index in [1.54, 1.807) is 0 Å². The maximum absolute atomic E-state index is 11.1. The second-order valence-electron chi connectivity index (χ2n) is 16.2. The summed E-state index contributed by atoms with van der Waals surface area (Å²) in [6.45, 7) is -3.79.